The van der Waals surface area contributed by atoms with E-state index in [1.54, 1.807) is 42.6 Å². The Balaban J connectivity index is 1.52. The molecular formula is C31H25N3O4S. The van der Waals surface area contributed by atoms with Crippen LogP contribution in [0.25, 0.3) is 33.4 Å². The molecule has 5 aromatic rings. The van der Waals surface area contributed by atoms with E-state index in [1.807, 2.05) is 54.6 Å². The molecule has 2 aromatic heterocycles. The summed E-state index contributed by atoms with van der Waals surface area (Å²) >= 11 is 0. The molecule has 0 atom stereocenters. The van der Waals surface area contributed by atoms with Crippen LogP contribution in [0.1, 0.15) is 18.4 Å². The molecule has 0 saturated carbocycles. The van der Waals surface area contributed by atoms with Crippen molar-refractivity contribution in [1.82, 2.24) is 8.96 Å². The van der Waals surface area contributed by atoms with Crippen molar-refractivity contribution in [3.8, 4) is 34.2 Å². The Hall–Kier alpha value is -4.45. The van der Waals surface area contributed by atoms with E-state index in [9.17, 15) is 13.7 Å². The quantitative estimate of drug-likeness (QED) is 0.263. The average molecular weight is 536 g/mol. The van der Waals surface area contributed by atoms with Crippen molar-refractivity contribution in [3.05, 3.63) is 103 Å². The molecule has 39 heavy (non-hydrogen) atoms. The third-order valence-electron chi connectivity index (χ3n) is 6.89. The van der Waals surface area contributed by atoms with Crippen LogP contribution in [-0.4, -0.2) is 36.7 Å². The topological polar surface area (TPSA) is 94.2 Å². The summed E-state index contributed by atoms with van der Waals surface area (Å²) in [5.41, 5.74) is 3.54. The summed E-state index contributed by atoms with van der Waals surface area (Å²) in [7, 11) is -3.96. The summed E-state index contributed by atoms with van der Waals surface area (Å²) in [5, 5.41) is 10.6. The molecule has 0 unspecified atom stereocenters. The van der Waals surface area contributed by atoms with E-state index < -0.39 is 10.0 Å². The Labute approximate surface area is 226 Å². The molecule has 3 aromatic carbocycles. The molecule has 0 radical (unpaired) electrons. The third kappa shape index (κ3) is 4.67. The van der Waals surface area contributed by atoms with Crippen LogP contribution in [0.5, 0.6) is 5.75 Å². The maximum absolute atomic E-state index is 13.9. The predicted molar refractivity (Wildman–Crippen MR) is 149 cm³/mol. The van der Waals surface area contributed by atoms with Gasteiger partial charge in [-0.2, -0.15) is 5.26 Å². The second kappa shape index (κ2) is 10.4. The summed E-state index contributed by atoms with van der Waals surface area (Å²) in [4.78, 5) is 4.70. The minimum absolute atomic E-state index is 0.00925. The number of ether oxygens (including phenoxy) is 2. The molecule has 0 N–H and O–H groups in total. The van der Waals surface area contributed by atoms with E-state index in [0.717, 1.165) is 29.5 Å². The van der Waals surface area contributed by atoms with Gasteiger partial charge in [-0.1, -0.05) is 54.6 Å². The van der Waals surface area contributed by atoms with Crippen LogP contribution in [0.3, 0.4) is 0 Å². The highest BCUT2D eigenvalue weighted by Crippen LogP contribution is 2.37. The van der Waals surface area contributed by atoms with E-state index in [1.165, 1.54) is 3.97 Å². The second-order valence-electron chi connectivity index (χ2n) is 9.33. The van der Waals surface area contributed by atoms with Gasteiger partial charge in [-0.05, 0) is 53.1 Å². The normalized spacial score (nSPS) is 14.2. The number of rotatable bonds is 6. The fraction of sp³-hybridized carbons (Fsp3) is 0.161. The summed E-state index contributed by atoms with van der Waals surface area (Å²) in [6, 6.07) is 29.2. The van der Waals surface area contributed by atoms with Crippen LogP contribution in [0.4, 0.5) is 0 Å². The average Bonchev–Trinajstić information content (AvgIpc) is 3.40. The Kier molecular flexibility index (Phi) is 6.61. The van der Waals surface area contributed by atoms with Crippen LogP contribution in [0.15, 0.2) is 102 Å². The minimum atomic E-state index is -3.96. The monoisotopic (exact) mass is 535 g/mol. The van der Waals surface area contributed by atoms with Crippen LogP contribution < -0.4 is 4.74 Å². The van der Waals surface area contributed by atoms with Crippen molar-refractivity contribution in [1.29, 1.82) is 5.26 Å². The largest absolute Gasteiger partial charge is 0.489 e. The number of fused-ring (bicyclic) bond motifs is 1. The van der Waals surface area contributed by atoms with E-state index in [0.29, 0.717) is 41.3 Å². The molecule has 1 fully saturated rings. The lowest BCUT2D eigenvalue weighted by molar-refractivity contribution is 0.0254. The molecule has 1 aliphatic rings. The number of pyridine rings is 1. The number of aromatic nitrogens is 2. The Morgan fingerprint density at radius 3 is 2.33 bits per heavy atom. The predicted octanol–water partition coefficient (Wildman–Crippen LogP) is 6.04. The molecule has 8 heteroatoms. The molecular weight excluding hydrogens is 510 g/mol. The van der Waals surface area contributed by atoms with Gasteiger partial charge in [-0.25, -0.2) is 17.4 Å². The molecule has 0 aliphatic carbocycles. The number of nitrogens with zero attached hydrogens (tertiary/aromatic N) is 3. The van der Waals surface area contributed by atoms with E-state index in [2.05, 4.69) is 11.1 Å². The van der Waals surface area contributed by atoms with Crippen LogP contribution in [0.2, 0.25) is 0 Å². The lowest BCUT2D eigenvalue weighted by Crippen LogP contribution is -2.26. The summed E-state index contributed by atoms with van der Waals surface area (Å²) < 4.78 is 40.7. The van der Waals surface area contributed by atoms with Gasteiger partial charge in [0.05, 0.1) is 29.4 Å². The van der Waals surface area contributed by atoms with Gasteiger partial charge in [0.15, 0.2) is 5.65 Å². The lowest BCUT2D eigenvalue weighted by atomic mass is 10.0. The van der Waals surface area contributed by atoms with E-state index >= 15 is 0 Å². The first-order chi connectivity index (χ1) is 19.1. The zero-order chi connectivity index (χ0) is 26.8. The van der Waals surface area contributed by atoms with E-state index in [-0.39, 0.29) is 11.0 Å². The molecule has 7 nitrogen and oxygen atoms in total. The zero-order valence-corrected chi connectivity index (χ0v) is 21.8. The summed E-state index contributed by atoms with van der Waals surface area (Å²) in [6.07, 6.45) is 3.17. The standard InChI is InChI=1S/C31H25N3O4S/c32-21-24-19-23(11-12-30(24)38-25-14-17-37-18-15-25)27-13-16-33-31-28(27)20-29(22-7-3-1-4-8-22)34(31)39(35,36)26-9-5-2-6-10-26/h1-13,16,19-20,25H,14-15,17-18H2. The van der Waals surface area contributed by atoms with Gasteiger partial charge < -0.3 is 9.47 Å². The van der Waals surface area contributed by atoms with Gasteiger partial charge in [0, 0.05) is 24.4 Å². The van der Waals surface area contributed by atoms with Crippen LogP contribution in [0, 0.1) is 11.3 Å². The smallest absolute Gasteiger partial charge is 0.269 e. The lowest BCUT2D eigenvalue weighted by Gasteiger charge is -2.23. The number of nitriles is 1. The first-order valence-corrected chi connectivity index (χ1v) is 14.2. The van der Waals surface area contributed by atoms with Crippen molar-refractivity contribution in [3.63, 3.8) is 0 Å². The van der Waals surface area contributed by atoms with Crippen molar-refractivity contribution < 1.29 is 17.9 Å². The van der Waals surface area contributed by atoms with Crippen molar-refractivity contribution >= 4 is 21.1 Å². The number of hydrogen-bond donors (Lipinski definition) is 0. The van der Waals surface area contributed by atoms with Crippen molar-refractivity contribution in [2.75, 3.05) is 13.2 Å². The summed E-state index contributed by atoms with van der Waals surface area (Å²) in [6.45, 7) is 1.29. The first-order valence-electron chi connectivity index (χ1n) is 12.7. The highest BCUT2D eigenvalue weighted by molar-refractivity contribution is 7.90. The van der Waals surface area contributed by atoms with Crippen molar-refractivity contribution in [2.24, 2.45) is 0 Å². The number of hydrogen-bond acceptors (Lipinski definition) is 6. The van der Waals surface area contributed by atoms with Gasteiger partial charge in [-0.15, -0.1) is 0 Å². The molecule has 0 bridgehead atoms. The van der Waals surface area contributed by atoms with Gasteiger partial charge in [-0.3, -0.25) is 0 Å². The Bertz CT molecular complexity index is 1790. The Morgan fingerprint density at radius 1 is 0.897 bits per heavy atom. The molecule has 0 spiro atoms. The van der Waals surface area contributed by atoms with Gasteiger partial charge >= 0.3 is 0 Å². The highest BCUT2D eigenvalue weighted by Gasteiger charge is 2.26. The molecule has 6 rings (SSSR count). The molecule has 3 heterocycles. The molecule has 1 saturated heterocycles. The highest BCUT2D eigenvalue weighted by atomic mass is 32.2. The maximum atomic E-state index is 13.9. The summed E-state index contributed by atoms with van der Waals surface area (Å²) in [5.74, 6) is 0.535. The zero-order valence-electron chi connectivity index (χ0n) is 21.0. The molecule has 1 aliphatic heterocycles. The van der Waals surface area contributed by atoms with Gasteiger partial charge in [0.1, 0.15) is 17.9 Å². The Morgan fingerprint density at radius 2 is 1.62 bits per heavy atom. The van der Waals surface area contributed by atoms with Gasteiger partial charge in [0.2, 0.25) is 0 Å². The third-order valence-corrected chi connectivity index (χ3v) is 8.60. The van der Waals surface area contributed by atoms with Gasteiger partial charge in [0.25, 0.3) is 10.0 Å². The van der Waals surface area contributed by atoms with E-state index in [4.69, 9.17) is 9.47 Å². The first kappa shape index (κ1) is 24.9. The number of benzene rings is 3. The fourth-order valence-electron chi connectivity index (χ4n) is 4.94. The fourth-order valence-corrected chi connectivity index (χ4v) is 6.44. The minimum Gasteiger partial charge on any atom is -0.489 e. The van der Waals surface area contributed by atoms with Crippen LogP contribution >= 0.6 is 0 Å². The van der Waals surface area contributed by atoms with Crippen molar-refractivity contribution in [2.45, 2.75) is 23.8 Å². The maximum Gasteiger partial charge on any atom is 0.269 e. The molecule has 0 amide bonds. The molecule has 194 valence electrons. The second-order valence-corrected chi connectivity index (χ2v) is 11.1. The van der Waals surface area contributed by atoms with Crippen LogP contribution in [-0.2, 0) is 14.8 Å². The SMILES string of the molecule is N#Cc1cc(-c2ccnc3c2cc(-c2ccccc2)n3S(=O)(=O)c2ccccc2)ccc1OC1CCOCC1.